The lowest BCUT2D eigenvalue weighted by molar-refractivity contribution is -0.146. The van der Waals surface area contributed by atoms with Gasteiger partial charge >= 0.3 is 5.97 Å². The summed E-state index contributed by atoms with van der Waals surface area (Å²) in [5.74, 6) is 0.218. The molecule has 0 saturated carbocycles. The van der Waals surface area contributed by atoms with Crippen LogP contribution in [-0.4, -0.2) is 46.0 Å². The molecular weight excluding hydrogens is 334 g/mol. The number of benzene rings is 1. The van der Waals surface area contributed by atoms with Crippen molar-refractivity contribution >= 4 is 16.9 Å². The molecular formula is C19H25N3O4. The quantitative estimate of drug-likeness (QED) is 0.617. The summed E-state index contributed by atoms with van der Waals surface area (Å²) < 4.78 is 6.39. The molecule has 1 N–H and O–H groups in total. The van der Waals surface area contributed by atoms with Crippen LogP contribution in [0.4, 0.5) is 0 Å². The molecule has 0 aliphatic carbocycles. The monoisotopic (exact) mass is 359 g/mol. The van der Waals surface area contributed by atoms with Gasteiger partial charge in [-0.15, -0.1) is 0 Å². The Bertz CT molecular complexity index is 892. The molecule has 1 fully saturated rings. The third-order valence-electron chi connectivity index (χ3n) is 4.91. The third-order valence-corrected chi connectivity index (χ3v) is 4.91. The molecule has 3 rings (SSSR count). The number of aromatic nitrogens is 2. The Kier molecular flexibility index (Phi) is 4.75. The van der Waals surface area contributed by atoms with Crippen LogP contribution in [0.15, 0.2) is 29.1 Å². The fourth-order valence-corrected chi connectivity index (χ4v) is 3.49. The van der Waals surface area contributed by atoms with Gasteiger partial charge in [-0.05, 0) is 24.5 Å². The Labute approximate surface area is 152 Å². The molecule has 1 saturated heterocycles. The van der Waals surface area contributed by atoms with E-state index in [1.54, 1.807) is 23.2 Å². The second kappa shape index (κ2) is 6.72. The molecule has 1 aromatic carbocycles. The average molecular weight is 359 g/mol. The highest BCUT2D eigenvalue weighted by Crippen LogP contribution is 2.37. The number of ether oxygens (including phenoxy) is 1. The van der Waals surface area contributed by atoms with E-state index in [0.29, 0.717) is 29.6 Å². The Morgan fingerprint density at radius 1 is 1.38 bits per heavy atom. The van der Waals surface area contributed by atoms with E-state index in [9.17, 15) is 14.7 Å². The third kappa shape index (κ3) is 2.76. The molecule has 2 heterocycles. The first-order chi connectivity index (χ1) is 12.4. The van der Waals surface area contributed by atoms with Crippen LogP contribution in [0.1, 0.15) is 33.0 Å². The van der Waals surface area contributed by atoms with E-state index < -0.39 is 17.6 Å². The summed E-state index contributed by atoms with van der Waals surface area (Å²) >= 11 is 0. The van der Waals surface area contributed by atoms with Gasteiger partial charge in [0, 0.05) is 6.42 Å². The number of aliphatic hydroxyl groups is 1. The second-order valence-electron chi connectivity index (χ2n) is 7.13. The zero-order chi connectivity index (χ0) is 19.1. The van der Waals surface area contributed by atoms with Gasteiger partial charge in [0.2, 0.25) is 0 Å². The van der Waals surface area contributed by atoms with Gasteiger partial charge in [-0.3, -0.25) is 9.80 Å². The van der Waals surface area contributed by atoms with Crippen molar-refractivity contribution in [2.45, 2.75) is 45.3 Å². The molecule has 26 heavy (non-hydrogen) atoms. The van der Waals surface area contributed by atoms with Gasteiger partial charge in [-0.25, -0.2) is 14.5 Å². The normalized spacial score (nSPS) is 20.5. The number of carbonyl (C=O) groups is 1. The van der Waals surface area contributed by atoms with Crippen molar-refractivity contribution in [3.05, 3.63) is 40.4 Å². The van der Waals surface area contributed by atoms with E-state index in [2.05, 4.69) is 4.98 Å². The predicted octanol–water partition coefficient (Wildman–Crippen LogP) is 1.23. The maximum atomic E-state index is 13.1. The number of nitrogens with zero attached hydrogens (tertiary/aromatic N) is 3. The number of para-hydroxylation sites is 1. The summed E-state index contributed by atoms with van der Waals surface area (Å²) in [6.07, 6.45) is 0.0229. The number of esters is 1. The number of rotatable bonds is 6. The lowest BCUT2D eigenvalue weighted by Crippen LogP contribution is -2.48. The molecule has 140 valence electrons. The number of hydrogen-bond acceptors (Lipinski definition) is 6. The van der Waals surface area contributed by atoms with Gasteiger partial charge in [0.25, 0.3) is 5.56 Å². The van der Waals surface area contributed by atoms with Gasteiger partial charge in [0.05, 0.1) is 30.7 Å². The van der Waals surface area contributed by atoms with Crippen molar-refractivity contribution < 1.29 is 14.6 Å². The standard InChI is InChI=1S/C19H25N3O4/c1-5-16-20-14-9-7-6-8-13(14)17(24)22(16)21-11-19(21,18(25)26-4)15(23)10-12(2)3/h6-9,12,15,23H,5,10-11H2,1-4H3/t15-,19-,21?/m0/s1. The van der Waals surface area contributed by atoms with Crippen LogP contribution in [0.3, 0.4) is 0 Å². The Morgan fingerprint density at radius 2 is 2.08 bits per heavy atom. The summed E-state index contributed by atoms with van der Waals surface area (Å²) in [6, 6.07) is 7.13. The van der Waals surface area contributed by atoms with E-state index in [1.807, 2.05) is 26.8 Å². The minimum atomic E-state index is -1.24. The molecule has 1 aliphatic heterocycles. The minimum Gasteiger partial charge on any atom is -0.467 e. The van der Waals surface area contributed by atoms with Crippen molar-refractivity contribution in [3.8, 4) is 0 Å². The topological polar surface area (TPSA) is 84.4 Å². The lowest BCUT2D eigenvalue weighted by Gasteiger charge is -2.25. The lowest BCUT2D eigenvalue weighted by atomic mass is 9.94. The van der Waals surface area contributed by atoms with Crippen LogP contribution in [0.25, 0.3) is 10.9 Å². The first kappa shape index (κ1) is 18.4. The van der Waals surface area contributed by atoms with Crippen molar-refractivity contribution in [3.63, 3.8) is 0 Å². The molecule has 2 aromatic rings. The maximum Gasteiger partial charge on any atom is 0.337 e. The summed E-state index contributed by atoms with van der Waals surface area (Å²) in [5, 5.41) is 12.8. The number of aryl methyl sites for hydroxylation is 1. The molecule has 0 radical (unpaired) electrons. The number of methoxy groups -OCH3 is 1. The molecule has 0 spiro atoms. The van der Waals surface area contributed by atoms with Crippen LogP contribution in [0.5, 0.6) is 0 Å². The molecule has 0 unspecified atom stereocenters. The number of fused-ring (bicyclic) bond motifs is 1. The van der Waals surface area contributed by atoms with Gasteiger partial charge in [0.1, 0.15) is 5.82 Å². The van der Waals surface area contributed by atoms with Gasteiger partial charge in [-0.1, -0.05) is 32.9 Å². The first-order valence-electron chi connectivity index (χ1n) is 8.91. The predicted molar refractivity (Wildman–Crippen MR) is 98.7 cm³/mol. The number of carbonyl (C=O) groups excluding carboxylic acids is 1. The van der Waals surface area contributed by atoms with Crippen LogP contribution >= 0.6 is 0 Å². The Balaban J connectivity index is 2.13. The SMILES string of the molecule is CCc1nc2ccccc2c(=O)n1N1C[C@@]1(C(=O)OC)[C@@H](O)CC(C)C. The van der Waals surface area contributed by atoms with E-state index >= 15 is 0 Å². The second-order valence-corrected chi connectivity index (χ2v) is 7.13. The summed E-state index contributed by atoms with van der Waals surface area (Å²) in [4.78, 5) is 30.2. The summed E-state index contributed by atoms with van der Waals surface area (Å²) in [5.41, 5.74) is -0.856. The zero-order valence-electron chi connectivity index (χ0n) is 15.6. The first-order valence-corrected chi connectivity index (χ1v) is 8.91. The molecule has 0 bridgehead atoms. The molecule has 1 aliphatic rings. The highest BCUT2D eigenvalue weighted by atomic mass is 16.5. The fraction of sp³-hybridized carbons (Fsp3) is 0.526. The van der Waals surface area contributed by atoms with E-state index in [0.717, 1.165) is 0 Å². The fourth-order valence-electron chi connectivity index (χ4n) is 3.49. The summed E-state index contributed by atoms with van der Waals surface area (Å²) in [6.45, 7) is 6.08. The molecule has 1 aromatic heterocycles. The van der Waals surface area contributed by atoms with Crippen LogP contribution in [0.2, 0.25) is 0 Å². The van der Waals surface area contributed by atoms with Gasteiger partial charge < -0.3 is 9.84 Å². The van der Waals surface area contributed by atoms with E-state index in [1.165, 1.54) is 11.8 Å². The van der Waals surface area contributed by atoms with E-state index in [-0.39, 0.29) is 18.0 Å². The van der Waals surface area contributed by atoms with Crippen LogP contribution in [-0.2, 0) is 16.0 Å². The molecule has 0 amide bonds. The van der Waals surface area contributed by atoms with Crippen molar-refractivity contribution in [1.29, 1.82) is 0 Å². The molecule has 7 nitrogen and oxygen atoms in total. The molecule has 7 heteroatoms. The summed E-state index contributed by atoms with van der Waals surface area (Å²) in [7, 11) is 1.30. The average Bonchev–Trinajstić information content (AvgIpc) is 3.36. The van der Waals surface area contributed by atoms with Crippen molar-refractivity contribution in [1.82, 2.24) is 9.66 Å². The highest BCUT2D eigenvalue weighted by Gasteiger charge is 2.66. The van der Waals surface area contributed by atoms with Crippen molar-refractivity contribution in [2.24, 2.45) is 5.92 Å². The zero-order valence-corrected chi connectivity index (χ0v) is 15.6. The van der Waals surface area contributed by atoms with Gasteiger partial charge in [0.15, 0.2) is 5.54 Å². The smallest absolute Gasteiger partial charge is 0.337 e. The van der Waals surface area contributed by atoms with Crippen molar-refractivity contribution in [2.75, 3.05) is 18.7 Å². The maximum absolute atomic E-state index is 13.1. The Hall–Kier alpha value is -2.41. The largest absolute Gasteiger partial charge is 0.467 e. The minimum absolute atomic E-state index is 0.200. The number of aliphatic hydroxyl groups excluding tert-OH is 1. The van der Waals surface area contributed by atoms with E-state index in [4.69, 9.17) is 4.74 Å². The van der Waals surface area contributed by atoms with Crippen LogP contribution in [0, 0.1) is 5.92 Å². The van der Waals surface area contributed by atoms with Crippen LogP contribution < -0.4 is 10.6 Å². The highest BCUT2D eigenvalue weighted by molar-refractivity contribution is 5.90. The Morgan fingerprint density at radius 3 is 2.69 bits per heavy atom. The van der Waals surface area contributed by atoms with Gasteiger partial charge in [-0.2, -0.15) is 0 Å². The number of hydrogen-bond donors (Lipinski definition) is 1. The molecule has 2 atom stereocenters.